The second-order valence-corrected chi connectivity index (χ2v) is 2.84. The average molecular weight is 207 g/mol. The van der Waals surface area contributed by atoms with E-state index >= 15 is 0 Å². The fraction of sp³-hybridized carbons (Fsp3) is 0. The minimum atomic E-state index is -1.09. The summed E-state index contributed by atoms with van der Waals surface area (Å²) in [6, 6.07) is 4.02. The van der Waals surface area contributed by atoms with Crippen molar-refractivity contribution in [2.45, 2.75) is 0 Å². The molecule has 0 atom stereocenters. The van der Waals surface area contributed by atoms with Crippen LogP contribution in [0, 0.1) is 5.95 Å². The molecule has 0 aromatic carbocycles. The summed E-state index contributed by atoms with van der Waals surface area (Å²) in [4.78, 5) is 14.0. The lowest BCUT2D eigenvalue weighted by molar-refractivity contribution is 0.0690. The third-order valence-corrected chi connectivity index (χ3v) is 1.83. The Balaban J connectivity index is 2.37. The molecule has 2 aromatic rings. The van der Waals surface area contributed by atoms with Crippen molar-refractivity contribution in [2.24, 2.45) is 0 Å². The number of halogens is 1. The molecule has 2 N–H and O–H groups in total. The topological polar surface area (TPSA) is 78.9 Å². The molecule has 15 heavy (non-hydrogen) atoms. The van der Waals surface area contributed by atoms with Gasteiger partial charge in [0, 0.05) is 11.8 Å². The van der Waals surface area contributed by atoms with E-state index < -0.39 is 11.9 Å². The molecule has 0 aliphatic carbocycles. The van der Waals surface area contributed by atoms with Crippen molar-refractivity contribution < 1.29 is 14.3 Å². The Bertz CT molecular complexity index is 492. The van der Waals surface area contributed by atoms with Crippen molar-refractivity contribution in [1.82, 2.24) is 15.2 Å². The van der Waals surface area contributed by atoms with Crippen LogP contribution < -0.4 is 0 Å². The molecule has 2 aromatic heterocycles. The van der Waals surface area contributed by atoms with Crippen molar-refractivity contribution in [2.75, 3.05) is 0 Å². The van der Waals surface area contributed by atoms with E-state index in [9.17, 15) is 9.18 Å². The molecule has 0 amide bonds. The molecule has 2 rings (SSSR count). The molecule has 0 saturated heterocycles. The van der Waals surface area contributed by atoms with E-state index in [2.05, 4.69) is 15.2 Å². The Morgan fingerprint density at radius 1 is 1.47 bits per heavy atom. The van der Waals surface area contributed by atoms with Crippen molar-refractivity contribution in [3.05, 3.63) is 36.0 Å². The Labute approximate surface area is 83.6 Å². The first kappa shape index (κ1) is 9.32. The van der Waals surface area contributed by atoms with Gasteiger partial charge >= 0.3 is 5.97 Å². The number of nitrogens with one attached hydrogen (secondary N) is 1. The van der Waals surface area contributed by atoms with Crippen LogP contribution in [0.25, 0.3) is 11.3 Å². The summed E-state index contributed by atoms with van der Waals surface area (Å²) in [6.07, 6.45) is 1.29. The molecular weight excluding hydrogens is 201 g/mol. The maximum absolute atomic E-state index is 12.5. The predicted molar refractivity (Wildman–Crippen MR) is 48.7 cm³/mol. The Morgan fingerprint density at radius 3 is 2.80 bits per heavy atom. The molecule has 0 aliphatic rings. The molecule has 76 valence electrons. The summed E-state index contributed by atoms with van der Waals surface area (Å²) in [5, 5.41) is 14.8. The normalized spacial score (nSPS) is 10.2. The van der Waals surface area contributed by atoms with Crippen LogP contribution in [0.1, 0.15) is 10.5 Å². The second-order valence-electron chi connectivity index (χ2n) is 2.84. The first-order valence-corrected chi connectivity index (χ1v) is 4.07. The first-order valence-electron chi connectivity index (χ1n) is 4.07. The highest BCUT2D eigenvalue weighted by Gasteiger charge is 2.09. The van der Waals surface area contributed by atoms with Crippen LogP contribution in [0.5, 0.6) is 0 Å². The number of aromatic amines is 1. The van der Waals surface area contributed by atoms with Crippen LogP contribution >= 0.6 is 0 Å². The first-order chi connectivity index (χ1) is 7.16. The van der Waals surface area contributed by atoms with E-state index in [1.165, 1.54) is 24.4 Å². The number of hydrogen-bond donors (Lipinski definition) is 2. The van der Waals surface area contributed by atoms with Crippen molar-refractivity contribution in [3.8, 4) is 11.3 Å². The third-order valence-electron chi connectivity index (χ3n) is 1.83. The van der Waals surface area contributed by atoms with Crippen molar-refractivity contribution >= 4 is 5.97 Å². The molecule has 0 saturated carbocycles. The number of pyridine rings is 1. The zero-order chi connectivity index (χ0) is 10.8. The molecule has 2 heterocycles. The molecule has 0 spiro atoms. The molecule has 6 heteroatoms. The van der Waals surface area contributed by atoms with Gasteiger partial charge in [0.1, 0.15) is 5.69 Å². The number of carboxylic acid groups (broad SMARTS) is 1. The highest BCUT2D eigenvalue weighted by molar-refractivity contribution is 5.86. The summed E-state index contributed by atoms with van der Waals surface area (Å²) in [5.41, 5.74) is 0.953. The van der Waals surface area contributed by atoms with Gasteiger partial charge in [0.15, 0.2) is 0 Å². The molecule has 0 unspecified atom stereocenters. The molecule has 0 radical (unpaired) electrons. The SMILES string of the molecule is O=C(O)c1cc(-c2ccc(F)nc2)n[nH]1. The molecular formula is C9H6FN3O2. The van der Waals surface area contributed by atoms with E-state index in [1.54, 1.807) is 0 Å². The average Bonchev–Trinajstić information content (AvgIpc) is 2.68. The number of H-pyrrole nitrogens is 1. The number of aromatic nitrogens is 3. The van der Waals surface area contributed by atoms with Crippen LogP contribution in [-0.4, -0.2) is 26.3 Å². The van der Waals surface area contributed by atoms with E-state index in [1.807, 2.05) is 0 Å². The van der Waals surface area contributed by atoms with Gasteiger partial charge in [-0.1, -0.05) is 0 Å². The van der Waals surface area contributed by atoms with Gasteiger partial charge in [-0.15, -0.1) is 0 Å². The predicted octanol–water partition coefficient (Wildman–Crippen LogP) is 1.31. The number of hydrogen-bond acceptors (Lipinski definition) is 3. The van der Waals surface area contributed by atoms with Gasteiger partial charge in [0.05, 0.1) is 5.69 Å². The van der Waals surface area contributed by atoms with E-state index in [0.717, 1.165) is 0 Å². The minimum Gasteiger partial charge on any atom is -0.477 e. The number of carboxylic acids is 1. The van der Waals surface area contributed by atoms with Gasteiger partial charge in [-0.3, -0.25) is 5.10 Å². The lowest BCUT2D eigenvalue weighted by Crippen LogP contribution is -1.95. The number of carbonyl (C=O) groups is 1. The van der Waals surface area contributed by atoms with Crippen LogP contribution in [0.2, 0.25) is 0 Å². The maximum atomic E-state index is 12.5. The number of rotatable bonds is 2. The van der Waals surface area contributed by atoms with Gasteiger partial charge in [-0.25, -0.2) is 9.78 Å². The van der Waals surface area contributed by atoms with Gasteiger partial charge in [-0.2, -0.15) is 9.49 Å². The summed E-state index contributed by atoms with van der Waals surface area (Å²) in [5.74, 6) is -1.68. The molecule has 0 fully saturated rings. The fourth-order valence-corrected chi connectivity index (χ4v) is 1.11. The monoisotopic (exact) mass is 207 g/mol. The fourth-order valence-electron chi connectivity index (χ4n) is 1.11. The lowest BCUT2D eigenvalue weighted by atomic mass is 10.2. The van der Waals surface area contributed by atoms with Gasteiger partial charge in [0.2, 0.25) is 5.95 Å². The highest BCUT2D eigenvalue weighted by atomic mass is 19.1. The van der Waals surface area contributed by atoms with Crippen LogP contribution in [0.4, 0.5) is 4.39 Å². The van der Waals surface area contributed by atoms with Crippen LogP contribution in [-0.2, 0) is 0 Å². The zero-order valence-corrected chi connectivity index (χ0v) is 7.44. The largest absolute Gasteiger partial charge is 0.477 e. The van der Waals surface area contributed by atoms with Crippen molar-refractivity contribution in [3.63, 3.8) is 0 Å². The molecule has 0 bridgehead atoms. The van der Waals surface area contributed by atoms with E-state index in [0.29, 0.717) is 11.3 Å². The lowest BCUT2D eigenvalue weighted by Gasteiger charge is -1.93. The van der Waals surface area contributed by atoms with Gasteiger partial charge in [0.25, 0.3) is 0 Å². The second kappa shape index (κ2) is 3.49. The standard InChI is InChI=1S/C9H6FN3O2/c10-8-2-1-5(4-11-8)6-3-7(9(14)15)13-12-6/h1-4H,(H,12,13)(H,14,15). The van der Waals surface area contributed by atoms with E-state index in [4.69, 9.17) is 5.11 Å². The van der Waals surface area contributed by atoms with E-state index in [-0.39, 0.29) is 5.69 Å². The van der Waals surface area contributed by atoms with Gasteiger partial charge in [-0.05, 0) is 18.2 Å². The van der Waals surface area contributed by atoms with Crippen LogP contribution in [0.3, 0.4) is 0 Å². The summed E-state index contributed by atoms with van der Waals surface area (Å²) >= 11 is 0. The highest BCUT2D eigenvalue weighted by Crippen LogP contribution is 2.16. The minimum absolute atomic E-state index is 0.0191. The van der Waals surface area contributed by atoms with Crippen molar-refractivity contribution in [1.29, 1.82) is 0 Å². The number of aromatic carboxylic acids is 1. The summed E-state index contributed by atoms with van der Waals surface area (Å²) in [6.45, 7) is 0. The smallest absolute Gasteiger partial charge is 0.353 e. The quantitative estimate of drug-likeness (QED) is 0.727. The van der Waals surface area contributed by atoms with Gasteiger partial charge < -0.3 is 5.11 Å². The Hall–Kier alpha value is -2.24. The molecule has 0 aliphatic heterocycles. The zero-order valence-electron chi connectivity index (χ0n) is 7.44. The Kier molecular flexibility index (Phi) is 2.17. The van der Waals surface area contributed by atoms with Crippen LogP contribution in [0.15, 0.2) is 24.4 Å². The summed E-state index contributed by atoms with van der Waals surface area (Å²) in [7, 11) is 0. The summed E-state index contributed by atoms with van der Waals surface area (Å²) < 4.78 is 12.5. The third kappa shape index (κ3) is 1.83. The maximum Gasteiger partial charge on any atom is 0.353 e. The molecule has 5 nitrogen and oxygen atoms in total. The number of nitrogens with zero attached hydrogens (tertiary/aromatic N) is 2. The Morgan fingerprint density at radius 2 is 2.27 bits per heavy atom.